The van der Waals surface area contributed by atoms with Gasteiger partial charge in [-0.3, -0.25) is 4.79 Å². The second-order valence-corrected chi connectivity index (χ2v) is 8.09. The molecule has 8 heteroatoms. The molecule has 3 aromatic rings. The molecule has 3 N–H and O–H groups in total. The number of ether oxygens (including phenoxy) is 1. The third kappa shape index (κ3) is 3.91. The van der Waals surface area contributed by atoms with Crippen LogP contribution in [0.1, 0.15) is 36.8 Å². The number of fused-ring (bicyclic) bond motifs is 1. The molecule has 0 bridgehead atoms. The Morgan fingerprint density at radius 1 is 1.10 bits per heavy atom. The van der Waals surface area contributed by atoms with Crippen LogP contribution in [-0.4, -0.2) is 11.0 Å². The number of H-pyrrole nitrogens is 1. The molecule has 0 amide bonds. The van der Waals surface area contributed by atoms with Gasteiger partial charge in [-0.1, -0.05) is 23.7 Å². The normalized spacial score (nSPS) is 22.2. The quantitative estimate of drug-likeness (QED) is 0.579. The molecule has 0 spiro atoms. The van der Waals surface area contributed by atoms with Gasteiger partial charge in [0.1, 0.15) is 11.4 Å². The minimum Gasteiger partial charge on any atom is -0.481 e. The number of aromatic nitrogens is 1. The van der Waals surface area contributed by atoms with Crippen molar-refractivity contribution in [3.05, 3.63) is 75.2 Å². The predicted molar refractivity (Wildman–Crippen MR) is 110 cm³/mol. The van der Waals surface area contributed by atoms with Crippen LogP contribution < -0.4 is 16.0 Å². The van der Waals surface area contributed by atoms with Gasteiger partial charge in [0.05, 0.1) is 10.6 Å². The summed E-state index contributed by atoms with van der Waals surface area (Å²) in [5.41, 5.74) is 4.88. The molecule has 4 rings (SSSR count). The lowest BCUT2D eigenvalue weighted by molar-refractivity contribution is -0.137. The highest BCUT2D eigenvalue weighted by Crippen LogP contribution is 2.44. The van der Waals surface area contributed by atoms with Gasteiger partial charge in [0.25, 0.3) is 5.56 Å². The van der Waals surface area contributed by atoms with E-state index in [9.17, 15) is 18.0 Å². The second-order valence-electron chi connectivity index (χ2n) is 7.69. The molecule has 1 aliphatic rings. The van der Waals surface area contributed by atoms with Gasteiger partial charge in [-0.05, 0) is 67.0 Å². The van der Waals surface area contributed by atoms with Crippen molar-refractivity contribution in [2.75, 3.05) is 0 Å². The van der Waals surface area contributed by atoms with Crippen molar-refractivity contribution in [2.24, 2.45) is 5.73 Å². The van der Waals surface area contributed by atoms with Gasteiger partial charge >= 0.3 is 6.18 Å². The van der Waals surface area contributed by atoms with E-state index in [0.717, 1.165) is 12.1 Å². The van der Waals surface area contributed by atoms with Crippen molar-refractivity contribution in [3.63, 3.8) is 0 Å². The Bertz CT molecular complexity index is 1120. The van der Waals surface area contributed by atoms with Crippen molar-refractivity contribution in [3.8, 4) is 5.75 Å². The first-order chi connectivity index (χ1) is 14.2. The molecule has 0 unspecified atom stereocenters. The summed E-state index contributed by atoms with van der Waals surface area (Å²) in [5.74, 6) is 0.380. The molecule has 0 radical (unpaired) electrons. The Balaban J connectivity index is 1.76. The third-order valence-corrected chi connectivity index (χ3v) is 6.00. The molecule has 1 aromatic heterocycles. The second kappa shape index (κ2) is 7.63. The minimum absolute atomic E-state index is 0.0156. The zero-order valence-corrected chi connectivity index (χ0v) is 16.7. The maximum Gasteiger partial charge on any atom is 0.416 e. The highest BCUT2D eigenvalue weighted by atomic mass is 35.5. The minimum atomic E-state index is -4.41. The SMILES string of the molecule is N[C@H]1CC[C@@](Oc2cc3cc[nH]c(=O)c3cc2Cl)(c2ccc(C(F)(F)F)cc2)CC1. The Morgan fingerprint density at radius 3 is 2.40 bits per heavy atom. The fraction of sp³-hybridized carbons (Fsp3) is 0.318. The number of aromatic amines is 1. The summed E-state index contributed by atoms with van der Waals surface area (Å²) >= 11 is 6.41. The van der Waals surface area contributed by atoms with Gasteiger partial charge in [0, 0.05) is 17.6 Å². The number of benzene rings is 2. The first-order valence-electron chi connectivity index (χ1n) is 9.61. The highest BCUT2D eigenvalue weighted by molar-refractivity contribution is 6.32. The topological polar surface area (TPSA) is 68.1 Å². The van der Waals surface area contributed by atoms with Crippen LogP contribution in [-0.2, 0) is 11.8 Å². The smallest absolute Gasteiger partial charge is 0.416 e. The Morgan fingerprint density at radius 2 is 1.77 bits per heavy atom. The average molecular weight is 437 g/mol. The summed E-state index contributed by atoms with van der Waals surface area (Å²) in [5, 5.41) is 1.36. The Kier molecular flexibility index (Phi) is 5.28. The van der Waals surface area contributed by atoms with Crippen LogP contribution in [0.2, 0.25) is 5.02 Å². The van der Waals surface area contributed by atoms with Crippen molar-refractivity contribution < 1.29 is 17.9 Å². The maximum atomic E-state index is 13.0. The molecule has 1 saturated carbocycles. The van der Waals surface area contributed by atoms with Gasteiger partial charge in [0.15, 0.2) is 0 Å². The molecule has 0 aliphatic heterocycles. The van der Waals surface area contributed by atoms with Crippen LogP contribution in [0.25, 0.3) is 10.8 Å². The molecule has 1 heterocycles. The molecule has 2 aromatic carbocycles. The first-order valence-corrected chi connectivity index (χ1v) is 9.99. The standard InChI is InChI=1S/C22H20ClF3N2O2/c23-18-12-17-13(7-10-28-20(17)29)11-19(18)30-21(8-5-16(27)6-9-21)14-1-3-15(4-2-14)22(24,25)26/h1-4,7,10-12,16H,5-6,8-9,27H2,(H,28,29)/t16-,21-. The number of rotatable bonds is 3. The first kappa shape index (κ1) is 20.8. The lowest BCUT2D eigenvalue weighted by Crippen LogP contribution is -2.41. The van der Waals surface area contributed by atoms with E-state index < -0.39 is 17.3 Å². The lowest BCUT2D eigenvalue weighted by Gasteiger charge is -2.40. The van der Waals surface area contributed by atoms with Crippen LogP contribution in [0.15, 0.2) is 53.5 Å². The van der Waals surface area contributed by atoms with E-state index >= 15 is 0 Å². The molecular weight excluding hydrogens is 417 g/mol. The summed E-state index contributed by atoms with van der Waals surface area (Å²) in [6.07, 6.45) is -0.436. The van der Waals surface area contributed by atoms with E-state index in [4.69, 9.17) is 22.1 Å². The van der Waals surface area contributed by atoms with E-state index in [2.05, 4.69) is 4.98 Å². The zero-order chi connectivity index (χ0) is 21.5. The molecular formula is C22H20ClF3N2O2. The highest BCUT2D eigenvalue weighted by Gasteiger charge is 2.40. The van der Waals surface area contributed by atoms with Gasteiger partial charge < -0.3 is 15.5 Å². The van der Waals surface area contributed by atoms with Crippen molar-refractivity contribution >= 4 is 22.4 Å². The molecule has 0 saturated heterocycles. The van der Waals surface area contributed by atoms with Crippen molar-refractivity contribution in [1.82, 2.24) is 4.98 Å². The van der Waals surface area contributed by atoms with E-state index in [1.165, 1.54) is 18.3 Å². The fourth-order valence-electron chi connectivity index (χ4n) is 4.00. The molecule has 4 nitrogen and oxygen atoms in total. The number of alkyl halides is 3. The number of nitrogens with one attached hydrogen (secondary N) is 1. The average Bonchev–Trinajstić information content (AvgIpc) is 2.71. The monoisotopic (exact) mass is 436 g/mol. The van der Waals surface area contributed by atoms with Crippen LogP contribution in [0, 0.1) is 0 Å². The van der Waals surface area contributed by atoms with Crippen molar-refractivity contribution in [2.45, 2.75) is 43.5 Å². The largest absolute Gasteiger partial charge is 0.481 e. The van der Waals surface area contributed by atoms with Gasteiger partial charge in [0.2, 0.25) is 0 Å². The Hall–Kier alpha value is -2.51. The summed E-state index contributed by atoms with van der Waals surface area (Å²) in [4.78, 5) is 14.6. The zero-order valence-electron chi connectivity index (χ0n) is 15.9. The van der Waals surface area contributed by atoms with Gasteiger partial charge in [-0.25, -0.2) is 0 Å². The number of halogens is 4. The van der Waals surface area contributed by atoms with E-state index in [1.807, 2.05) is 0 Å². The number of hydrogen-bond donors (Lipinski definition) is 2. The summed E-state index contributed by atoms with van der Waals surface area (Å²) < 4.78 is 45.4. The van der Waals surface area contributed by atoms with Gasteiger partial charge in [-0.15, -0.1) is 0 Å². The van der Waals surface area contributed by atoms with Crippen molar-refractivity contribution in [1.29, 1.82) is 0 Å². The summed E-state index contributed by atoms with van der Waals surface area (Å²) in [6, 6.07) is 10.0. The van der Waals surface area contributed by atoms with E-state index in [0.29, 0.717) is 47.8 Å². The lowest BCUT2D eigenvalue weighted by atomic mass is 9.77. The molecule has 30 heavy (non-hydrogen) atoms. The van der Waals surface area contributed by atoms with E-state index in [-0.39, 0.29) is 16.6 Å². The molecule has 1 aliphatic carbocycles. The maximum absolute atomic E-state index is 13.0. The molecule has 158 valence electrons. The van der Waals surface area contributed by atoms with Gasteiger partial charge in [-0.2, -0.15) is 13.2 Å². The number of hydrogen-bond acceptors (Lipinski definition) is 3. The summed E-state index contributed by atoms with van der Waals surface area (Å²) in [7, 11) is 0. The van der Waals surface area contributed by atoms with E-state index in [1.54, 1.807) is 18.2 Å². The Labute approximate surface area is 175 Å². The number of nitrogens with two attached hydrogens (primary N) is 1. The predicted octanol–water partition coefficient (Wildman–Crippen LogP) is 5.38. The van der Waals surface area contributed by atoms with Crippen LogP contribution >= 0.6 is 11.6 Å². The fourth-order valence-corrected chi connectivity index (χ4v) is 4.20. The molecule has 0 atom stereocenters. The van der Waals surface area contributed by atoms with Crippen LogP contribution in [0.4, 0.5) is 13.2 Å². The third-order valence-electron chi connectivity index (χ3n) is 5.71. The summed E-state index contributed by atoms with van der Waals surface area (Å²) in [6.45, 7) is 0. The number of pyridine rings is 1. The molecule has 1 fully saturated rings. The van der Waals surface area contributed by atoms with Crippen LogP contribution in [0.3, 0.4) is 0 Å². The van der Waals surface area contributed by atoms with Crippen LogP contribution in [0.5, 0.6) is 5.75 Å².